The number of carbonyl (C=O) groups excluding carboxylic acids is 1. The molecule has 180 valence electrons. The first-order chi connectivity index (χ1) is 18.0. The van der Waals surface area contributed by atoms with E-state index in [9.17, 15) is 14.4 Å². The highest BCUT2D eigenvalue weighted by atomic mass is 19.1. The number of anilines is 1. The Labute approximate surface area is 211 Å². The van der Waals surface area contributed by atoms with Gasteiger partial charge in [-0.25, -0.2) is 8.78 Å². The first kappa shape index (κ1) is 22.6. The third-order valence-corrected chi connectivity index (χ3v) is 7.38. The number of hydrogen-bond donors (Lipinski definition) is 0. The van der Waals surface area contributed by atoms with Crippen LogP contribution < -0.4 is 4.90 Å². The van der Waals surface area contributed by atoms with Gasteiger partial charge < -0.3 is 9.80 Å². The molecular formula is C29H19F2N5O. The van der Waals surface area contributed by atoms with E-state index >= 15 is 4.39 Å². The number of hydrogen-bond acceptors (Lipinski definition) is 5. The van der Waals surface area contributed by atoms with Crippen LogP contribution in [0.1, 0.15) is 17.5 Å². The number of benzene rings is 2. The fraction of sp³-hybridized carbons (Fsp3) is 0.172. The average molecular weight is 492 g/mol. The van der Waals surface area contributed by atoms with Crippen molar-refractivity contribution in [1.29, 1.82) is 5.26 Å². The Morgan fingerprint density at radius 2 is 2.03 bits per heavy atom. The van der Waals surface area contributed by atoms with E-state index in [1.54, 1.807) is 29.2 Å². The molecule has 2 aromatic heterocycles. The Morgan fingerprint density at radius 3 is 2.78 bits per heavy atom. The summed E-state index contributed by atoms with van der Waals surface area (Å²) in [7, 11) is 0. The molecule has 0 bridgehead atoms. The van der Waals surface area contributed by atoms with Crippen LogP contribution in [0.15, 0.2) is 55.4 Å². The smallest absolute Gasteiger partial charge is 0.246 e. The van der Waals surface area contributed by atoms with E-state index in [0.29, 0.717) is 46.1 Å². The zero-order chi connectivity index (χ0) is 25.8. The molecule has 0 spiro atoms. The second-order valence-electron chi connectivity index (χ2n) is 9.10. The summed E-state index contributed by atoms with van der Waals surface area (Å²) in [5, 5.41) is 11.3. The number of carbonyl (C=O) groups is 1. The second kappa shape index (κ2) is 8.39. The summed E-state index contributed by atoms with van der Waals surface area (Å²) in [6.07, 6.45) is 10.5. The van der Waals surface area contributed by atoms with E-state index in [4.69, 9.17) is 6.42 Å². The fourth-order valence-corrected chi connectivity index (χ4v) is 5.65. The van der Waals surface area contributed by atoms with E-state index in [1.165, 1.54) is 24.5 Å². The van der Waals surface area contributed by atoms with E-state index in [-0.39, 0.29) is 34.8 Å². The lowest BCUT2D eigenvalue weighted by molar-refractivity contribution is -0.127. The zero-order valence-corrected chi connectivity index (χ0v) is 19.6. The maximum Gasteiger partial charge on any atom is 0.246 e. The highest BCUT2D eigenvalue weighted by molar-refractivity contribution is 6.03. The van der Waals surface area contributed by atoms with Gasteiger partial charge in [-0.1, -0.05) is 36.8 Å². The van der Waals surface area contributed by atoms with Crippen molar-refractivity contribution < 1.29 is 13.6 Å². The highest BCUT2D eigenvalue weighted by Crippen LogP contribution is 2.42. The molecule has 2 saturated heterocycles. The molecule has 0 aliphatic carbocycles. The topological polar surface area (TPSA) is 73.1 Å². The molecule has 37 heavy (non-hydrogen) atoms. The third-order valence-electron chi connectivity index (χ3n) is 7.38. The molecule has 0 saturated carbocycles. The van der Waals surface area contributed by atoms with Crippen LogP contribution in [-0.2, 0) is 4.79 Å². The summed E-state index contributed by atoms with van der Waals surface area (Å²) >= 11 is 0. The van der Waals surface area contributed by atoms with Crippen LogP contribution in [0.2, 0.25) is 0 Å². The van der Waals surface area contributed by atoms with Crippen LogP contribution in [0.5, 0.6) is 0 Å². The first-order valence-corrected chi connectivity index (χ1v) is 11.7. The number of nitriles is 1. The predicted octanol–water partition coefficient (Wildman–Crippen LogP) is 4.56. The van der Waals surface area contributed by atoms with Gasteiger partial charge in [0.1, 0.15) is 23.1 Å². The van der Waals surface area contributed by atoms with Gasteiger partial charge in [-0.2, -0.15) is 5.26 Å². The molecule has 1 amide bonds. The Balaban J connectivity index is 1.51. The Morgan fingerprint density at radius 1 is 1.19 bits per heavy atom. The molecule has 2 fully saturated rings. The number of likely N-dealkylation sites (tertiary alicyclic amines) is 1. The van der Waals surface area contributed by atoms with Crippen molar-refractivity contribution in [3.05, 3.63) is 78.1 Å². The standard InChI is InChI=1S/C29H19F2N5O/c1-3-18-21(30)9-8-16-6-5-7-19(25(16)18)27-26(31)28-20(14-34-27)29(17(12-32)13-33-28)36-15-23-22(36)10-11-35(23)24(37)4-2/h1,4-9,13-14,22-23H,2,10-11,15H2/t22-,23-/m1/s1. The minimum absolute atomic E-state index is 0.00330. The number of terminal acetylenes is 1. The van der Waals surface area contributed by atoms with Crippen LogP contribution in [-0.4, -0.2) is 45.9 Å². The summed E-state index contributed by atoms with van der Waals surface area (Å²) < 4.78 is 30.6. The molecule has 4 heterocycles. The summed E-state index contributed by atoms with van der Waals surface area (Å²) in [6, 6.07) is 10.2. The minimum Gasteiger partial charge on any atom is -0.362 e. The van der Waals surface area contributed by atoms with Gasteiger partial charge in [0.2, 0.25) is 5.91 Å². The number of amides is 1. The van der Waals surface area contributed by atoms with Gasteiger partial charge in [-0.3, -0.25) is 14.8 Å². The normalized spacial score (nSPS) is 18.3. The quantitative estimate of drug-likeness (QED) is 0.310. The van der Waals surface area contributed by atoms with E-state index in [0.717, 1.165) is 6.42 Å². The van der Waals surface area contributed by atoms with Gasteiger partial charge in [-0.15, -0.1) is 6.42 Å². The van der Waals surface area contributed by atoms with Crippen molar-refractivity contribution in [2.75, 3.05) is 18.0 Å². The van der Waals surface area contributed by atoms with Gasteiger partial charge >= 0.3 is 0 Å². The highest BCUT2D eigenvalue weighted by Gasteiger charge is 2.49. The van der Waals surface area contributed by atoms with E-state index < -0.39 is 11.6 Å². The monoisotopic (exact) mass is 491 g/mol. The number of rotatable bonds is 3. The molecule has 2 aliphatic rings. The number of pyridine rings is 2. The Bertz CT molecular complexity index is 1740. The average Bonchev–Trinajstić information content (AvgIpc) is 3.24. The van der Waals surface area contributed by atoms with Crippen LogP contribution >= 0.6 is 0 Å². The van der Waals surface area contributed by atoms with Crippen LogP contribution in [0.25, 0.3) is 32.9 Å². The fourth-order valence-electron chi connectivity index (χ4n) is 5.65. The SMILES string of the molecule is C#Cc1c(F)ccc2cccc(-c3ncc4c(N5C[C@@H]6[C@H]5CCN6C(=O)C=C)c(C#N)cnc4c3F)c12. The Kier molecular flexibility index (Phi) is 5.13. The number of halogens is 2. The van der Waals surface area contributed by atoms with Crippen molar-refractivity contribution in [2.45, 2.75) is 18.5 Å². The molecule has 6 rings (SSSR count). The molecule has 6 nitrogen and oxygen atoms in total. The second-order valence-corrected chi connectivity index (χ2v) is 9.10. The molecule has 4 aromatic rings. The summed E-state index contributed by atoms with van der Waals surface area (Å²) in [5.41, 5.74) is 1.29. The largest absolute Gasteiger partial charge is 0.362 e. The van der Waals surface area contributed by atoms with Crippen LogP contribution in [0, 0.1) is 35.3 Å². The lowest BCUT2D eigenvalue weighted by Gasteiger charge is -2.48. The Hall–Kier alpha value is -4.82. The molecule has 2 aromatic carbocycles. The molecular weight excluding hydrogens is 472 g/mol. The van der Waals surface area contributed by atoms with Crippen molar-refractivity contribution >= 4 is 33.3 Å². The molecule has 0 radical (unpaired) electrons. The van der Waals surface area contributed by atoms with Crippen LogP contribution in [0.4, 0.5) is 14.5 Å². The van der Waals surface area contributed by atoms with Crippen molar-refractivity contribution in [2.24, 2.45) is 0 Å². The third kappa shape index (κ3) is 3.19. The maximum atomic E-state index is 16.1. The number of nitrogens with zero attached hydrogens (tertiary/aromatic N) is 5. The minimum atomic E-state index is -0.685. The maximum absolute atomic E-state index is 16.1. The number of aromatic nitrogens is 2. The van der Waals surface area contributed by atoms with E-state index in [2.05, 4.69) is 28.5 Å². The summed E-state index contributed by atoms with van der Waals surface area (Å²) in [4.78, 5) is 24.7. The van der Waals surface area contributed by atoms with Gasteiger partial charge in [0.25, 0.3) is 0 Å². The molecule has 0 unspecified atom stereocenters. The van der Waals surface area contributed by atoms with Gasteiger partial charge in [0.05, 0.1) is 28.9 Å². The lowest BCUT2D eigenvalue weighted by atomic mass is 9.93. The molecule has 8 heteroatoms. The molecule has 0 N–H and O–H groups in total. The predicted molar refractivity (Wildman–Crippen MR) is 136 cm³/mol. The van der Waals surface area contributed by atoms with Crippen molar-refractivity contribution in [1.82, 2.24) is 14.9 Å². The van der Waals surface area contributed by atoms with E-state index in [1.807, 2.05) is 4.90 Å². The van der Waals surface area contributed by atoms with Crippen LogP contribution in [0.3, 0.4) is 0 Å². The lowest BCUT2D eigenvalue weighted by Crippen LogP contribution is -2.63. The molecule has 2 aliphatic heterocycles. The summed E-state index contributed by atoms with van der Waals surface area (Å²) in [6.45, 7) is 4.67. The zero-order valence-electron chi connectivity index (χ0n) is 19.6. The number of fused-ring (bicyclic) bond motifs is 3. The van der Waals surface area contributed by atoms with Crippen molar-refractivity contribution in [3.8, 4) is 29.7 Å². The first-order valence-electron chi connectivity index (χ1n) is 11.7. The molecule has 2 atom stereocenters. The van der Waals surface area contributed by atoms with Gasteiger partial charge in [-0.05, 0) is 23.9 Å². The summed E-state index contributed by atoms with van der Waals surface area (Å²) in [5.74, 6) is 0.997. The van der Waals surface area contributed by atoms with Gasteiger partial charge in [0, 0.05) is 41.8 Å². The van der Waals surface area contributed by atoms with Gasteiger partial charge in [0.15, 0.2) is 5.82 Å². The van der Waals surface area contributed by atoms with Crippen molar-refractivity contribution in [3.63, 3.8) is 0 Å².